The molecule has 0 bridgehead atoms. The van der Waals surface area contributed by atoms with E-state index < -0.39 is 30.3 Å². The summed E-state index contributed by atoms with van der Waals surface area (Å²) in [6.07, 6.45) is 22.2. The van der Waals surface area contributed by atoms with Crippen LogP contribution in [0.3, 0.4) is 0 Å². The molecule has 0 aromatic heterocycles. The third-order valence-electron chi connectivity index (χ3n) is 12.8. The number of carbonyl (C=O) groups is 7. The Morgan fingerprint density at radius 3 is 1.41 bits per heavy atom. The molecule has 1 aliphatic carbocycles. The van der Waals surface area contributed by atoms with Gasteiger partial charge >= 0.3 is 11.9 Å². The summed E-state index contributed by atoms with van der Waals surface area (Å²) in [7, 11) is 0. The molecule has 0 aromatic rings. The van der Waals surface area contributed by atoms with Gasteiger partial charge in [0.25, 0.3) is 0 Å². The highest BCUT2D eigenvalue weighted by Gasteiger charge is 2.29. The van der Waals surface area contributed by atoms with Crippen LogP contribution >= 0.6 is 12.8 Å². The summed E-state index contributed by atoms with van der Waals surface area (Å²) >= 11 is 3.79. The number of aliphatic carboxylic acids is 2. The lowest BCUT2D eigenvalue weighted by Crippen LogP contribution is -2.47. The van der Waals surface area contributed by atoms with E-state index >= 15 is 0 Å². The molecule has 424 valence electrons. The van der Waals surface area contributed by atoms with E-state index in [0.717, 1.165) is 51.4 Å². The molecule has 1 aliphatic rings. The smallest absolute Gasteiger partial charge is 0.321 e. The summed E-state index contributed by atoms with van der Waals surface area (Å²) in [5, 5.41) is 51.3. The molecule has 1 rings (SSSR count). The van der Waals surface area contributed by atoms with Crippen molar-refractivity contribution >= 4 is 54.3 Å². The number of carboxylic acids is 2. The minimum absolute atomic E-state index is 0.0354. The maximum absolute atomic E-state index is 13.0. The second-order valence-electron chi connectivity index (χ2n) is 19.0. The fourth-order valence-corrected chi connectivity index (χ4v) is 8.56. The van der Waals surface area contributed by atoms with E-state index in [4.69, 9.17) is 29.2 Å². The van der Waals surface area contributed by atoms with Crippen molar-refractivity contribution in [3.05, 3.63) is 0 Å². The summed E-state index contributed by atoms with van der Waals surface area (Å²) in [6, 6.07) is -1.73. The minimum atomic E-state index is -1.83. The number of hydrogen-bond donors (Lipinski definition) is 11. The Balaban J connectivity index is 1.97. The fraction of sp³-hybridized carbons (Fsp3) is 0.863. The third kappa shape index (κ3) is 41.3. The lowest BCUT2D eigenvalue weighted by molar-refractivity contribution is -0.139. The number of nitrogens with one attached hydrogen (secondary N) is 6. The largest absolute Gasteiger partial charge is 0.481 e. The number of ether oxygens (including phenoxy) is 4. The highest BCUT2D eigenvalue weighted by atomic mass is 32.1. The van der Waals surface area contributed by atoms with Crippen LogP contribution < -0.4 is 31.3 Å². The third-order valence-corrected chi connectivity index (χ3v) is 13.1. The molecule has 21 nitrogen and oxygen atoms in total. The van der Waals surface area contributed by atoms with Gasteiger partial charge in [0.05, 0.1) is 45.7 Å². The zero-order chi connectivity index (χ0) is 53.6. The van der Waals surface area contributed by atoms with Crippen molar-refractivity contribution in [2.24, 2.45) is 11.8 Å². The van der Waals surface area contributed by atoms with Crippen LogP contribution in [0.25, 0.3) is 0 Å². The topological polar surface area (TPSA) is 310 Å². The van der Waals surface area contributed by atoms with Crippen molar-refractivity contribution in [3.63, 3.8) is 0 Å². The van der Waals surface area contributed by atoms with E-state index in [1.54, 1.807) is 0 Å². The number of aliphatic hydroxyl groups is 2. The molecule has 0 saturated heterocycles. The van der Waals surface area contributed by atoms with Crippen molar-refractivity contribution in [2.75, 3.05) is 79.0 Å². The van der Waals surface area contributed by atoms with Gasteiger partial charge in [-0.2, -0.15) is 0 Å². The Morgan fingerprint density at radius 1 is 0.479 bits per heavy atom. The molecule has 73 heavy (non-hydrogen) atoms. The van der Waals surface area contributed by atoms with Crippen molar-refractivity contribution < 1.29 is 72.9 Å². The van der Waals surface area contributed by atoms with Crippen LogP contribution in [0.5, 0.6) is 0 Å². The van der Waals surface area contributed by atoms with Crippen LogP contribution in [0.2, 0.25) is 0 Å². The standard InChI is InChI=1S/C51H94N6O15S/c58-44(20-15-13-11-9-7-5-3-1-2-4-6-8-10-12-14-16-21-48(62)63)55-37-40-22-24-41(25-23-40)49(64)56-42(50(65)66)26-27-45(59)53-29-31-69-33-36-72-39-47(61)54-30-32-70-34-35-71-38-46(60)52-28-18-17-19-43(57-73)51(67)68/h40-43,50,57,65-66,73H,1-39H2,(H,52,60)(H,53,59)(H,54,61)(H,55,58)(H,56,64)(H,62,63)(H,67,68)/t40?,41?,42-,43-/m0/s1. The minimum Gasteiger partial charge on any atom is -0.481 e. The molecule has 0 aliphatic heterocycles. The maximum atomic E-state index is 13.0. The second-order valence-corrected chi connectivity index (χ2v) is 19.3. The number of thiol groups is 1. The van der Waals surface area contributed by atoms with E-state index in [-0.39, 0.29) is 114 Å². The van der Waals surface area contributed by atoms with Gasteiger partial charge in [-0.15, -0.1) is 0 Å². The monoisotopic (exact) mass is 1060 g/mol. The van der Waals surface area contributed by atoms with Crippen LogP contribution in [0, 0.1) is 11.8 Å². The lowest BCUT2D eigenvalue weighted by Gasteiger charge is -2.29. The Kier molecular flexibility index (Phi) is 43.2. The van der Waals surface area contributed by atoms with Gasteiger partial charge in [-0.1, -0.05) is 103 Å². The molecular weight excluding hydrogens is 969 g/mol. The molecule has 2 atom stereocenters. The van der Waals surface area contributed by atoms with Crippen LogP contribution in [0.15, 0.2) is 0 Å². The maximum Gasteiger partial charge on any atom is 0.321 e. The van der Waals surface area contributed by atoms with Gasteiger partial charge in [0.2, 0.25) is 29.5 Å². The molecule has 1 saturated carbocycles. The Hall–Kier alpha value is -3.64. The van der Waals surface area contributed by atoms with Crippen molar-refractivity contribution in [3.8, 4) is 0 Å². The Labute approximate surface area is 439 Å². The average molecular weight is 1060 g/mol. The predicted octanol–water partition coefficient (Wildman–Crippen LogP) is 4.06. The Bertz CT molecular complexity index is 1480. The average Bonchev–Trinajstić information content (AvgIpc) is 3.36. The second kappa shape index (κ2) is 46.9. The van der Waals surface area contributed by atoms with E-state index in [1.807, 2.05) is 0 Å². The van der Waals surface area contributed by atoms with Crippen molar-refractivity contribution in [1.82, 2.24) is 31.3 Å². The summed E-state index contributed by atoms with van der Waals surface area (Å²) in [4.78, 5) is 83.1. The summed E-state index contributed by atoms with van der Waals surface area (Å²) in [6.45, 7) is 2.37. The summed E-state index contributed by atoms with van der Waals surface area (Å²) < 4.78 is 23.8. The molecule has 0 radical (unpaired) electrons. The van der Waals surface area contributed by atoms with Gasteiger partial charge in [0, 0.05) is 51.4 Å². The first-order valence-corrected chi connectivity index (χ1v) is 27.7. The van der Waals surface area contributed by atoms with Crippen LogP contribution in [0.4, 0.5) is 0 Å². The number of aliphatic hydroxyl groups excluding tert-OH is 1. The van der Waals surface area contributed by atoms with E-state index in [2.05, 4.69) is 44.1 Å². The molecule has 0 unspecified atom stereocenters. The molecule has 0 spiro atoms. The number of carboxylic acid groups (broad SMARTS) is 2. The van der Waals surface area contributed by atoms with Crippen LogP contribution in [-0.4, -0.2) is 159 Å². The highest BCUT2D eigenvalue weighted by Crippen LogP contribution is 2.29. The van der Waals surface area contributed by atoms with Gasteiger partial charge in [-0.05, 0) is 70.1 Å². The molecular formula is C51H94N6O15S. The first kappa shape index (κ1) is 67.4. The van der Waals surface area contributed by atoms with E-state index in [9.17, 15) is 43.8 Å². The van der Waals surface area contributed by atoms with Crippen molar-refractivity contribution in [2.45, 2.75) is 192 Å². The SMILES string of the molecule is O=C(O)CCCCCCCCCCCCCCCCCCC(=O)NCC1CCC(C(=O)N[C@@H](CCC(=O)NCCOCCOCC(=O)NCCOCCOCC(=O)NCCCC[C@H](NS)C(=O)O)C(O)O)CC1. The number of carbonyl (C=O) groups excluding carboxylic acids is 5. The van der Waals surface area contributed by atoms with Gasteiger partial charge in [-0.25, -0.2) is 0 Å². The first-order valence-electron chi connectivity index (χ1n) is 27.2. The molecule has 0 aromatic carbocycles. The quantitative estimate of drug-likeness (QED) is 0.0233. The number of unbranched alkanes of at least 4 members (excludes halogenated alkanes) is 16. The molecule has 22 heteroatoms. The normalized spacial score (nSPS) is 15.3. The van der Waals surface area contributed by atoms with E-state index in [0.29, 0.717) is 64.0 Å². The van der Waals surface area contributed by atoms with Gasteiger partial charge in [-0.3, -0.25) is 38.3 Å². The molecule has 0 heterocycles. The predicted molar refractivity (Wildman–Crippen MR) is 278 cm³/mol. The Morgan fingerprint density at radius 2 is 0.932 bits per heavy atom. The zero-order valence-electron chi connectivity index (χ0n) is 43.7. The molecule has 1 fully saturated rings. The van der Waals surface area contributed by atoms with Gasteiger partial charge in [0.1, 0.15) is 19.3 Å². The number of rotatable bonds is 50. The number of amides is 5. The van der Waals surface area contributed by atoms with Gasteiger partial charge in [0.15, 0.2) is 6.29 Å². The van der Waals surface area contributed by atoms with Crippen LogP contribution in [0.1, 0.15) is 173 Å². The van der Waals surface area contributed by atoms with Crippen molar-refractivity contribution in [1.29, 1.82) is 0 Å². The summed E-state index contributed by atoms with van der Waals surface area (Å²) in [5.74, 6) is -2.80. The van der Waals surface area contributed by atoms with Gasteiger partial charge < -0.3 is 66.0 Å². The first-order chi connectivity index (χ1) is 35.3. The molecule has 5 amide bonds. The van der Waals surface area contributed by atoms with Crippen LogP contribution in [-0.2, 0) is 52.5 Å². The molecule has 10 N–H and O–H groups in total. The fourth-order valence-electron chi connectivity index (χ4n) is 8.32. The number of hydrogen-bond acceptors (Lipinski definition) is 15. The lowest BCUT2D eigenvalue weighted by atomic mass is 9.81. The zero-order valence-corrected chi connectivity index (χ0v) is 44.6. The highest BCUT2D eigenvalue weighted by molar-refractivity contribution is 7.78. The summed E-state index contributed by atoms with van der Waals surface area (Å²) in [5.41, 5.74) is 0. The van der Waals surface area contributed by atoms with E-state index in [1.165, 1.54) is 64.2 Å².